The maximum atomic E-state index is 12.2. The van der Waals surface area contributed by atoms with E-state index < -0.39 is 5.97 Å². The number of carbonyl (C=O) groups excluding carboxylic acids is 1. The molecule has 0 unspecified atom stereocenters. The first-order chi connectivity index (χ1) is 13.2. The van der Waals surface area contributed by atoms with Crippen molar-refractivity contribution in [3.8, 4) is 22.7 Å². The van der Waals surface area contributed by atoms with Gasteiger partial charge in [-0.25, -0.2) is 4.79 Å². The number of rotatable bonds is 4. The van der Waals surface area contributed by atoms with Gasteiger partial charge in [0, 0.05) is 11.4 Å². The van der Waals surface area contributed by atoms with Crippen molar-refractivity contribution < 1.29 is 14.3 Å². The van der Waals surface area contributed by atoms with Crippen molar-refractivity contribution in [2.45, 2.75) is 25.7 Å². The van der Waals surface area contributed by atoms with E-state index >= 15 is 0 Å². The smallest absolute Gasteiger partial charge is 0.341 e. The molecule has 27 heavy (non-hydrogen) atoms. The Bertz CT molecular complexity index is 973. The maximum absolute atomic E-state index is 12.2. The minimum absolute atomic E-state index is 0.393. The van der Waals surface area contributed by atoms with Crippen LogP contribution in [0.3, 0.4) is 0 Å². The van der Waals surface area contributed by atoms with E-state index in [4.69, 9.17) is 9.47 Å². The minimum atomic E-state index is -0.393. The van der Waals surface area contributed by atoms with Gasteiger partial charge in [0.2, 0.25) is 0 Å². The summed E-state index contributed by atoms with van der Waals surface area (Å²) in [6.45, 7) is 0. The van der Waals surface area contributed by atoms with Gasteiger partial charge in [0.25, 0.3) is 0 Å². The van der Waals surface area contributed by atoms with Gasteiger partial charge in [-0.1, -0.05) is 30.3 Å². The lowest BCUT2D eigenvalue weighted by molar-refractivity contribution is 0.0597. The van der Waals surface area contributed by atoms with Crippen LogP contribution in [0.25, 0.3) is 16.9 Å². The molecule has 0 saturated heterocycles. The zero-order valence-corrected chi connectivity index (χ0v) is 15.7. The van der Waals surface area contributed by atoms with Crippen LogP contribution in [0.2, 0.25) is 0 Å². The van der Waals surface area contributed by atoms with E-state index in [1.165, 1.54) is 36.8 Å². The summed E-state index contributed by atoms with van der Waals surface area (Å²) < 4.78 is 12.6. The predicted molar refractivity (Wildman–Crippen MR) is 106 cm³/mol. The van der Waals surface area contributed by atoms with Crippen LogP contribution in [-0.2, 0) is 17.6 Å². The summed E-state index contributed by atoms with van der Waals surface area (Å²) in [7, 11) is 2.95. The number of carbonyl (C=O) groups is 1. The van der Waals surface area contributed by atoms with Gasteiger partial charge in [-0.3, -0.25) is 0 Å². The highest BCUT2D eigenvalue weighted by molar-refractivity contribution is 5.93. The van der Waals surface area contributed by atoms with Crippen molar-refractivity contribution in [2.75, 3.05) is 14.2 Å². The van der Waals surface area contributed by atoms with E-state index in [2.05, 4.69) is 34.9 Å². The fourth-order valence-corrected chi connectivity index (χ4v) is 3.92. The molecule has 0 radical (unpaired) electrons. The Morgan fingerprint density at radius 1 is 0.963 bits per heavy atom. The highest BCUT2D eigenvalue weighted by Gasteiger charge is 2.22. The number of esters is 1. The number of aromatic nitrogens is 1. The van der Waals surface area contributed by atoms with Crippen LogP contribution in [0.5, 0.6) is 5.75 Å². The van der Waals surface area contributed by atoms with Gasteiger partial charge in [0.05, 0.1) is 19.9 Å². The van der Waals surface area contributed by atoms with Crippen LogP contribution >= 0.6 is 0 Å². The van der Waals surface area contributed by atoms with E-state index in [0.29, 0.717) is 11.3 Å². The maximum Gasteiger partial charge on any atom is 0.341 e. The van der Waals surface area contributed by atoms with Crippen molar-refractivity contribution in [3.63, 3.8) is 0 Å². The molecule has 1 aromatic heterocycles. The standard InChI is InChI=1S/C23H23NO3/c1-26-22-13-12-18(15-19(22)23(25)27-2)24-20-11-7-6-10-17(20)14-21(24)16-8-4-3-5-9-16/h3-5,8-9,12-15H,6-7,10-11H2,1-2H3. The monoisotopic (exact) mass is 361 g/mol. The van der Waals surface area contributed by atoms with E-state index in [0.717, 1.165) is 24.2 Å². The Morgan fingerprint density at radius 3 is 2.48 bits per heavy atom. The van der Waals surface area contributed by atoms with Crippen molar-refractivity contribution in [1.29, 1.82) is 0 Å². The molecule has 1 aliphatic carbocycles. The summed E-state index contributed by atoms with van der Waals surface area (Å²) in [5.74, 6) is 0.129. The Labute approximate surface area is 159 Å². The van der Waals surface area contributed by atoms with Gasteiger partial charge in [-0.15, -0.1) is 0 Å². The molecule has 0 bridgehead atoms. The van der Waals surface area contributed by atoms with Crippen LogP contribution in [0.1, 0.15) is 34.5 Å². The van der Waals surface area contributed by atoms with Gasteiger partial charge in [0.1, 0.15) is 11.3 Å². The topological polar surface area (TPSA) is 40.5 Å². The molecule has 0 spiro atoms. The number of hydrogen-bond donors (Lipinski definition) is 0. The summed E-state index contributed by atoms with van der Waals surface area (Å²) in [6.07, 6.45) is 4.55. The first kappa shape index (κ1) is 17.4. The Kier molecular flexibility index (Phi) is 4.71. The van der Waals surface area contributed by atoms with Crippen molar-refractivity contribution in [1.82, 2.24) is 4.57 Å². The predicted octanol–water partition coefficient (Wildman–Crippen LogP) is 4.82. The molecule has 0 aliphatic heterocycles. The lowest BCUT2D eigenvalue weighted by atomic mass is 9.98. The molecule has 138 valence electrons. The average Bonchev–Trinajstić information content (AvgIpc) is 3.13. The summed E-state index contributed by atoms with van der Waals surface area (Å²) in [5.41, 5.74) is 6.45. The molecular weight excluding hydrogens is 338 g/mol. The molecule has 4 rings (SSSR count). The third kappa shape index (κ3) is 3.12. The van der Waals surface area contributed by atoms with E-state index in [1.807, 2.05) is 24.3 Å². The zero-order chi connectivity index (χ0) is 18.8. The van der Waals surface area contributed by atoms with Crippen LogP contribution in [-0.4, -0.2) is 24.8 Å². The highest BCUT2D eigenvalue weighted by Crippen LogP contribution is 2.35. The fourth-order valence-electron chi connectivity index (χ4n) is 3.92. The number of ether oxygens (including phenoxy) is 2. The summed E-state index contributed by atoms with van der Waals surface area (Å²) in [4.78, 5) is 12.2. The molecule has 0 N–H and O–H groups in total. The molecule has 2 aromatic carbocycles. The van der Waals surface area contributed by atoms with Crippen molar-refractivity contribution in [3.05, 3.63) is 71.4 Å². The molecule has 0 fully saturated rings. The average molecular weight is 361 g/mol. The van der Waals surface area contributed by atoms with E-state index in [1.54, 1.807) is 7.11 Å². The van der Waals surface area contributed by atoms with Crippen LogP contribution in [0, 0.1) is 0 Å². The third-order valence-corrected chi connectivity index (χ3v) is 5.22. The quantitative estimate of drug-likeness (QED) is 0.626. The van der Waals surface area contributed by atoms with Gasteiger partial charge in [-0.05, 0) is 61.1 Å². The normalized spacial score (nSPS) is 13.1. The lowest BCUT2D eigenvalue weighted by Crippen LogP contribution is -2.10. The molecule has 0 atom stereocenters. The molecular formula is C23H23NO3. The third-order valence-electron chi connectivity index (χ3n) is 5.22. The molecule has 0 amide bonds. The minimum Gasteiger partial charge on any atom is -0.496 e. The second-order valence-corrected chi connectivity index (χ2v) is 6.79. The van der Waals surface area contributed by atoms with Gasteiger partial charge in [-0.2, -0.15) is 0 Å². The highest BCUT2D eigenvalue weighted by atomic mass is 16.5. The number of methoxy groups -OCH3 is 2. The number of hydrogen-bond acceptors (Lipinski definition) is 3. The van der Waals surface area contributed by atoms with Crippen molar-refractivity contribution in [2.24, 2.45) is 0 Å². The Morgan fingerprint density at radius 2 is 1.74 bits per heavy atom. The van der Waals surface area contributed by atoms with Crippen LogP contribution in [0.4, 0.5) is 0 Å². The molecule has 3 aromatic rings. The molecule has 1 aliphatic rings. The number of benzene rings is 2. The number of fused-ring (bicyclic) bond motifs is 1. The van der Waals surface area contributed by atoms with Gasteiger partial charge >= 0.3 is 5.97 Å². The Hall–Kier alpha value is -3.01. The number of aryl methyl sites for hydroxylation is 1. The summed E-state index contributed by atoms with van der Waals surface area (Å²) in [6, 6.07) is 18.4. The Balaban J connectivity index is 1.93. The number of nitrogens with zero attached hydrogens (tertiary/aromatic N) is 1. The van der Waals surface area contributed by atoms with Crippen LogP contribution < -0.4 is 4.74 Å². The summed E-state index contributed by atoms with van der Waals surface area (Å²) >= 11 is 0. The van der Waals surface area contributed by atoms with Gasteiger partial charge in [0.15, 0.2) is 0 Å². The second kappa shape index (κ2) is 7.31. The molecule has 1 heterocycles. The van der Waals surface area contributed by atoms with E-state index in [9.17, 15) is 4.79 Å². The molecule has 0 saturated carbocycles. The van der Waals surface area contributed by atoms with Crippen molar-refractivity contribution >= 4 is 5.97 Å². The second-order valence-electron chi connectivity index (χ2n) is 6.79. The molecule has 4 nitrogen and oxygen atoms in total. The van der Waals surface area contributed by atoms with Gasteiger partial charge < -0.3 is 14.0 Å². The lowest BCUT2D eigenvalue weighted by Gasteiger charge is -2.19. The summed E-state index contributed by atoms with van der Waals surface area (Å²) in [5, 5.41) is 0. The largest absolute Gasteiger partial charge is 0.496 e. The molecule has 4 heteroatoms. The van der Waals surface area contributed by atoms with E-state index in [-0.39, 0.29) is 0 Å². The SMILES string of the molecule is COC(=O)c1cc(-n2c(-c3ccccc3)cc3c2CCCC3)ccc1OC. The first-order valence-corrected chi connectivity index (χ1v) is 9.28. The zero-order valence-electron chi connectivity index (χ0n) is 15.7. The first-order valence-electron chi connectivity index (χ1n) is 9.28. The van der Waals surface area contributed by atoms with Crippen LogP contribution in [0.15, 0.2) is 54.6 Å². The fraction of sp³-hybridized carbons (Fsp3) is 0.261.